The summed E-state index contributed by atoms with van der Waals surface area (Å²) in [5.41, 5.74) is 5.77. The first-order valence-corrected chi connectivity index (χ1v) is 4.79. The van der Waals surface area contributed by atoms with Crippen molar-refractivity contribution in [3.05, 3.63) is 18.2 Å². The van der Waals surface area contributed by atoms with Gasteiger partial charge in [0.25, 0.3) is 0 Å². The van der Waals surface area contributed by atoms with Gasteiger partial charge in [-0.05, 0) is 13.3 Å². The molecule has 0 saturated heterocycles. The van der Waals surface area contributed by atoms with Gasteiger partial charge >= 0.3 is 0 Å². The Labute approximate surface area is 85.1 Å². The van der Waals surface area contributed by atoms with Crippen LogP contribution in [0.1, 0.15) is 19.2 Å². The Balaban J connectivity index is 2.44. The first kappa shape index (κ1) is 11.2. The Hall–Kier alpha value is -0.870. The summed E-state index contributed by atoms with van der Waals surface area (Å²) in [6.07, 6.45) is 5.52. The fourth-order valence-electron chi connectivity index (χ4n) is 1.44. The van der Waals surface area contributed by atoms with Gasteiger partial charge < -0.3 is 15.0 Å². The number of nitrogens with two attached hydrogens (primary N) is 1. The van der Waals surface area contributed by atoms with E-state index >= 15 is 0 Å². The minimum Gasteiger partial charge on any atom is -0.383 e. The van der Waals surface area contributed by atoms with Gasteiger partial charge in [0.1, 0.15) is 5.82 Å². The highest BCUT2D eigenvalue weighted by Crippen LogP contribution is 2.10. The zero-order valence-corrected chi connectivity index (χ0v) is 9.16. The predicted octanol–water partition coefficient (Wildman–Crippen LogP) is 0.716. The summed E-state index contributed by atoms with van der Waals surface area (Å²) in [7, 11) is 3.67. The standard InChI is InChI=1S/C10H19N3O/c1-10(11,8-14-3)5-4-9-12-6-7-13(9)2/h6-7H,4-5,8,11H2,1-3H3. The molecule has 0 aromatic carbocycles. The molecular weight excluding hydrogens is 178 g/mol. The lowest BCUT2D eigenvalue weighted by Crippen LogP contribution is -2.41. The maximum atomic E-state index is 6.03. The molecule has 0 fully saturated rings. The molecule has 0 spiro atoms. The predicted molar refractivity (Wildman–Crippen MR) is 56.0 cm³/mol. The van der Waals surface area contributed by atoms with Crippen molar-refractivity contribution in [1.29, 1.82) is 0 Å². The molecule has 1 atom stereocenters. The van der Waals surface area contributed by atoms with Crippen LogP contribution in [0.15, 0.2) is 12.4 Å². The number of aryl methyl sites for hydroxylation is 2. The second-order valence-corrected chi connectivity index (χ2v) is 4.04. The summed E-state index contributed by atoms with van der Waals surface area (Å²) < 4.78 is 7.07. The lowest BCUT2D eigenvalue weighted by Gasteiger charge is -2.23. The third-order valence-corrected chi connectivity index (χ3v) is 2.31. The fraction of sp³-hybridized carbons (Fsp3) is 0.700. The molecule has 1 aromatic heterocycles. The summed E-state index contributed by atoms with van der Waals surface area (Å²) in [6.45, 7) is 2.58. The van der Waals surface area contributed by atoms with Crippen molar-refractivity contribution >= 4 is 0 Å². The normalized spacial score (nSPS) is 15.4. The first-order chi connectivity index (χ1) is 6.55. The van der Waals surface area contributed by atoms with Gasteiger partial charge in [-0.15, -0.1) is 0 Å². The molecule has 1 aromatic rings. The maximum absolute atomic E-state index is 6.03. The van der Waals surface area contributed by atoms with Crippen molar-refractivity contribution in [2.24, 2.45) is 12.8 Å². The number of hydrogen-bond acceptors (Lipinski definition) is 3. The molecule has 1 heterocycles. The minimum absolute atomic E-state index is 0.263. The van der Waals surface area contributed by atoms with E-state index in [1.807, 2.05) is 24.7 Å². The number of ether oxygens (including phenoxy) is 1. The third-order valence-electron chi connectivity index (χ3n) is 2.31. The Morgan fingerprint density at radius 3 is 2.86 bits per heavy atom. The fourth-order valence-corrected chi connectivity index (χ4v) is 1.44. The van der Waals surface area contributed by atoms with E-state index in [2.05, 4.69) is 4.98 Å². The number of aromatic nitrogens is 2. The smallest absolute Gasteiger partial charge is 0.108 e. The van der Waals surface area contributed by atoms with Crippen LogP contribution in [0.3, 0.4) is 0 Å². The molecule has 0 aliphatic heterocycles. The van der Waals surface area contributed by atoms with Crippen LogP contribution in [-0.4, -0.2) is 28.8 Å². The second-order valence-electron chi connectivity index (χ2n) is 4.04. The second kappa shape index (κ2) is 4.57. The van der Waals surface area contributed by atoms with Crippen molar-refractivity contribution in [1.82, 2.24) is 9.55 Å². The van der Waals surface area contributed by atoms with Gasteiger partial charge in [0.05, 0.1) is 6.61 Å². The van der Waals surface area contributed by atoms with Gasteiger partial charge in [-0.1, -0.05) is 0 Å². The van der Waals surface area contributed by atoms with E-state index < -0.39 is 0 Å². The number of methoxy groups -OCH3 is 1. The van der Waals surface area contributed by atoms with Crippen molar-refractivity contribution in [3.63, 3.8) is 0 Å². The van der Waals surface area contributed by atoms with Crippen LogP contribution < -0.4 is 5.73 Å². The molecule has 0 radical (unpaired) electrons. The van der Waals surface area contributed by atoms with Gasteiger partial charge in [-0.3, -0.25) is 0 Å². The molecule has 1 rings (SSSR count). The van der Waals surface area contributed by atoms with Gasteiger partial charge in [0.15, 0.2) is 0 Å². The van der Waals surface area contributed by atoms with Gasteiger partial charge in [0, 0.05) is 38.5 Å². The largest absolute Gasteiger partial charge is 0.383 e. The van der Waals surface area contributed by atoms with Crippen LogP contribution in [0, 0.1) is 0 Å². The molecular formula is C10H19N3O. The summed E-state index contributed by atoms with van der Waals surface area (Å²) in [5, 5.41) is 0. The van der Waals surface area contributed by atoms with Crippen molar-refractivity contribution in [2.45, 2.75) is 25.3 Å². The molecule has 0 amide bonds. The molecule has 2 N–H and O–H groups in total. The first-order valence-electron chi connectivity index (χ1n) is 4.79. The van der Waals surface area contributed by atoms with Crippen LogP contribution in [-0.2, 0) is 18.2 Å². The van der Waals surface area contributed by atoms with E-state index in [0.29, 0.717) is 6.61 Å². The maximum Gasteiger partial charge on any atom is 0.108 e. The molecule has 0 aliphatic carbocycles. The molecule has 4 heteroatoms. The number of nitrogens with zero attached hydrogens (tertiary/aromatic N) is 2. The van der Waals surface area contributed by atoms with Crippen molar-refractivity contribution in [2.75, 3.05) is 13.7 Å². The lowest BCUT2D eigenvalue weighted by atomic mass is 9.98. The van der Waals surface area contributed by atoms with Crippen LogP contribution in [0.2, 0.25) is 0 Å². The van der Waals surface area contributed by atoms with E-state index in [4.69, 9.17) is 10.5 Å². The Bertz CT molecular complexity index is 281. The number of imidazole rings is 1. The summed E-state index contributed by atoms with van der Waals surface area (Å²) in [4.78, 5) is 4.25. The summed E-state index contributed by atoms with van der Waals surface area (Å²) >= 11 is 0. The molecule has 0 saturated carbocycles. The summed E-state index contributed by atoms with van der Waals surface area (Å²) in [6, 6.07) is 0. The van der Waals surface area contributed by atoms with Gasteiger partial charge in [-0.2, -0.15) is 0 Å². The molecule has 1 unspecified atom stereocenters. The molecule has 80 valence electrons. The number of hydrogen-bond donors (Lipinski definition) is 1. The van der Waals surface area contributed by atoms with E-state index in [-0.39, 0.29) is 5.54 Å². The quantitative estimate of drug-likeness (QED) is 0.756. The molecule has 0 aliphatic rings. The van der Waals surface area contributed by atoms with Crippen LogP contribution in [0.5, 0.6) is 0 Å². The zero-order chi connectivity index (χ0) is 10.6. The van der Waals surface area contributed by atoms with Crippen molar-refractivity contribution < 1.29 is 4.74 Å². The van der Waals surface area contributed by atoms with Crippen molar-refractivity contribution in [3.8, 4) is 0 Å². The molecule has 0 bridgehead atoms. The van der Waals surface area contributed by atoms with E-state index in [0.717, 1.165) is 18.7 Å². The molecule has 14 heavy (non-hydrogen) atoms. The summed E-state index contributed by atoms with van der Waals surface area (Å²) in [5.74, 6) is 1.07. The lowest BCUT2D eigenvalue weighted by molar-refractivity contribution is 0.136. The highest BCUT2D eigenvalue weighted by Gasteiger charge is 2.18. The molecule has 4 nitrogen and oxygen atoms in total. The Morgan fingerprint density at radius 1 is 1.64 bits per heavy atom. The van der Waals surface area contributed by atoms with E-state index in [1.165, 1.54) is 0 Å². The Kier molecular flexibility index (Phi) is 3.66. The average Bonchev–Trinajstić information content (AvgIpc) is 2.48. The highest BCUT2D eigenvalue weighted by molar-refractivity contribution is 4.93. The minimum atomic E-state index is -0.263. The SMILES string of the molecule is COCC(C)(N)CCc1nccn1C. The third kappa shape index (κ3) is 3.12. The topological polar surface area (TPSA) is 53.1 Å². The zero-order valence-electron chi connectivity index (χ0n) is 9.16. The van der Waals surface area contributed by atoms with Gasteiger partial charge in [-0.25, -0.2) is 4.98 Å². The Morgan fingerprint density at radius 2 is 2.36 bits per heavy atom. The van der Waals surface area contributed by atoms with Crippen LogP contribution >= 0.6 is 0 Å². The van der Waals surface area contributed by atoms with Crippen LogP contribution in [0.25, 0.3) is 0 Å². The highest BCUT2D eigenvalue weighted by atomic mass is 16.5. The monoisotopic (exact) mass is 197 g/mol. The van der Waals surface area contributed by atoms with E-state index in [1.54, 1.807) is 13.3 Å². The van der Waals surface area contributed by atoms with Crippen LogP contribution in [0.4, 0.5) is 0 Å². The number of rotatable bonds is 5. The average molecular weight is 197 g/mol. The van der Waals surface area contributed by atoms with Gasteiger partial charge in [0.2, 0.25) is 0 Å². The van der Waals surface area contributed by atoms with E-state index in [9.17, 15) is 0 Å².